The molecule has 0 radical (unpaired) electrons. The molecule has 2 rings (SSSR count). The fraction of sp³-hybridized carbons (Fsp3) is 0.417. The number of nitrogen functional groups attached to an aromatic ring is 1. The molecule has 0 aliphatic carbocycles. The van der Waals surface area contributed by atoms with E-state index in [2.05, 4.69) is 0 Å². The van der Waals surface area contributed by atoms with Crippen LogP contribution in [0.1, 0.15) is 16.8 Å². The fourth-order valence-electron chi connectivity index (χ4n) is 1.95. The number of carbonyl (C=O) groups is 1. The lowest BCUT2D eigenvalue weighted by atomic mass is 10.1. The SMILES string of the molecule is CN(C(=O)c1cc(N)cc(Cl)c1Cl)C1CCSC1. The molecule has 0 saturated carbocycles. The number of halogens is 2. The van der Waals surface area contributed by atoms with Crippen LogP contribution in [-0.4, -0.2) is 35.4 Å². The molecule has 0 spiro atoms. The molecule has 98 valence electrons. The minimum atomic E-state index is -0.123. The van der Waals surface area contributed by atoms with Gasteiger partial charge in [0.25, 0.3) is 5.91 Å². The van der Waals surface area contributed by atoms with Gasteiger partial charge in [-0.15, -0.1) is 0 Å². The second kappa shape index (κ2) is 5.59. The van der Waals surface area contributed by atoms with Crippen LogP contribution >= 0.6 is 35.0 Å². The Hall–Kier alpha value is -0.580. The molecule has 1 fully saturated rings. The van der Waals surface area contributed by atoms with Gasteiger partial charge < -0.3 is 10.6 Å². The summed E-state index contributed by atoms with van der Waals surface area (Å²) >= 11 is 13.9. The summed E-state index contributed by atoms with van der Waals surface area (Å²) in [5.74, 6) is 1.94. The van der Waals surface area contributed by atoms with Crippen molar-refractivity contribution in [3.63, 3.8) is 0 Å². The Morgan fingerprint density at radius 2 is 2.22 bits per heavy atom. The Morgan fingerprint density at radius 3 is 2.83 bits per heavy atom. The predicted octanol–water partition coefficient (Wildman–Crippen LogP) is 3.15. The largest absolute Gasteiger partial charge is 0.399 e. The van der Waals surface area contributed by atoms with Gasteiger partial charge >= 0.3 is 0 Å². The van der Waals surface area contributed by atoms with Crippen molar-refractivity contribution >= 4 is 46.6 Å². The van der Waals surface area contributed by atoms with E-state index in [0.29, 0.717) is 16.3 Å². The highest BCUT2D eigenvalue weighted by Gasteiger charge is 2.26. The van der Waals surface area contributed by atoms with E-state index in [1.165, 1.54) is 0 Å². The van der Waals surface area contributed by atoms with Crippen LogP contribution in [0.25, 0.3) is 0 Å². The maximum absolute atomic E-state index is 12.4. The number of carbonyl (C=O) groups excluding carboxylic acids is 1. The number of nitrogens with two attached hydrogens (primary N) is 1. The van der Waals surface area contributed by atoms with Crippen molar-refractivity contribution in [2.24, 2.45) is 0 Å². The second-order valence-electron chi connectivity index (χ2n) is 4.30. The van der Waals surface area contributed by atoms with Crippen LogP contribution in [-0.2, 0) is 0 Å². The highest BCUT2D eigenvalue weighted by Crippen LogP contribution is 2.31. The number of hydrogen-bond donors (Lipinski definition) is 1. The number of amides is 1. The fourth-order valence-corrected chi connectivity index (χ4v) is 3.63. The summed E-state index contributed by atoms with van der Waals surface area (Å²) in [5, 5.41) is 0.586. The molecule has 2 N–H and O–H groups in total. The molecule has 1 atom stereocenters. The van der Waals surface area contributed by atoms with Gasteiger partial charge in [-0.3, -0.25) is 4.79 Å². The van der Waals surface area contributed by atoms with E-state index >= 15 is 0 Å². The molecule has 1 unspecified atom stereocenters. The summed E-state index contributed by atoms with van der Waals surface area (Å²) in [6.45, 7) is 0. The van der Waals surface area contributed by atoms with Gasteiger partial charge in [0.2, 0.25) is 0 Å². The van der Waals surface area contributed by atoms with Crippen molar-refractivity contribution in [2.75, 3.05) is 24.3 Å². The van der Waals surface area contributed by atoms with Crippen LogP contribution in [0.15, 0.2) is 12.1 Å². The highest BCUT2D eigenvalue weighted by atomic mass is 35.5. The molecule has 1 saturated heterocycles. The van der Waals surface area contributed by atoms with E-state index < -0.39 is 0 Å². The van der Waals surface area contributed by atoms with Gasteiger partial charge in [-0.2, -0.15) is 11.8 Å². The smallest absolute Gasteiger partial charge is 0.255 e. The maximum atomic E-state index is 12.4. The zero-order chi connectivity index (χ0) is 13.3. The molecule has 1 aromatic carbocycles. The first-order valence-electron chi connectivity index (χ1n) is 5.60. The molecule has 1 aliphatic rings. The molecule has 1 amide bonds. The van der Waals surface area contributed by atoms with Gasteiger partial charge in [0.05, 0.1) is 15.6 Å². The molecular weight excluding hydrogens is 291 g/mol. The summed E-state index contributed by atoms with van der Waals surface area (Å²) in [6.07, 6.45) is 1.01. The average Bonchev–Trinajstić information content (AvgIpc) is 2.85. The number of anilines is 1. The van der Waals surface area contributed by atoms with Crippen molar-refractivity contribution in [2.45, 2.75) is 12.5 Å². The normalized spacial score (nSPS) is 18.9. The predicted molar refractivity (Wildman–Crippen MR) is 78.7 cm³/mol. The Balaban J connectivity index is 2.27. The van der Waals surface area contributed by atoms with E-state index in [4.69, 9.17) is 28.9 Å². The van der Waals surface area contributed by atoms with Crippen molar-refractivity contribution in [1.82, 2.24) is 4.90 Å². The molecule has 0 aromatic heterocycles. The molecular formula is C12H14Cl2N2OS. The van der Waals surface area contributed by atoms with E-state index in [9.17, 15) is 4.79 Å². The molecule has 1 aliphatic heterocycles. The molecule has 3 nitrogen and oxygen atoms in total. The second-order valence-corrected chi connectivity index (χ2v) is 6.23. The van der Waals surface area contributed by atoms with Gasteiger partial charge in [-0.05, 0) is 24.3 Å². The number of nitrogens with zero attached hydrogens (tertiary/aromatic N) is 1. The number of benzene rings is 1. The first kappa shape index (κ1) is 13.8. The Kier molecular flexibility index (Phi) is 4.30. The van der Waals surface area contributed by atoms with Crippen LogP contribution in [0.5, 0.6) is 0 Å². The minimum absolute atomic E-state index is 0.123. The third kappa shape index (κ3) is 2.71. The number of thioether (sulfide) groups is 1. The summed E-state index contributed by atoms with van der Waals surface area (Å²) in [7, 11) is 1.80. The summed E-state index contributed by atoms with van der Waals surface area (Å²) in [4.78, 5) is 14.1. The third-order valence-electron chi connectivity index (χ3n) is 3.05. The van der Waals surface area contributed by atoms with Crippen molar-refractivity contribution < 1.29 is 4.79 Å². The zero-order valence-electron chi connectivity index (χ0n) is 9.95. The first-order chi connectivity index (χ1) is 8.50. The van der Waals surface area contributed by atoms with Gasteiger partial charge in [0, 0.05) is 24.5 Å². The van der Waals surface area contributed by atoms with Crippen molar-refractivity contribution in [3.05, 3.63) is 27.7 Å². The van der Waals surface area contributed by atoms with E-state index in [-0.39, 0.29) is 17.0 Å². The third-order valence-corrected chi connectivity index (χ3v) is 5.00. The van der Waals surface area contributed by atoms with Crippen molar-refractivity contribution in [3.8, 4) is 0 Å². The summed E-state index contributed by atoms with van der Waals surface area (Å²) < 4.78 is 0. The van der Waals surface area contributed by atoms with Gasteiger partial charge in [0.1, 0.15) is 0 Å². The summed E-state index contributed by atoms with van der Waals surface area (Å²) in [5.41, 5.74) is 6.52. The number of hydrogen-bond acceptors (Lipinski definition) is 3. The Bertz CT molecular complexity index is 475. The Labute approximate surface area is 121 Å². The molecule has 1 heterocycles. The monoisotopic (exact) mass is 304 g/mol. The Morgan fingerprint density at radius 1 is 1.50 bits per heavy atom. The van der Waals surface area contributed by atoms with E-state index in [1.54, 1.807) is 24.1 Å². The quantitative estimate of drug-likeness (QED) is 0.854. The van der Waals surface area contributed by atoms with Crippen LogP contribution in [0.3, 0.4) is 0 Å². The average molecular weight is 305 g/mol. The zero-order valence-corrected chi connectivity index (χ0v) is 12.3. The highest BCUT2D eigenvalue weighted by molar-refractivity contribution is 7.99. The first-order valence-corrected chi connectivity index (χ1v) is 7.51. The van der Waals surface area contributed by atoms with Crippen LogP contribution in [0, 0.1) is 0 Å². The molecule has 0 bridgehead atoms. The lowest BCUT2D eigenvalue weighted by Crippen LogP contribution is -2.37. The van der Waals surface area contributed by atoms with E-state index in [1.807, 2.05) is 11.8 Å². The van der Waals surface area contributed by atoms with Crippen LogP contribution in [0.4, 0.5) is 5.69 Å². The van der Waals surface area contributed by atoms with Gasteiger partial charge in [-0.1, -0.05) is 23.2 Å². The molecule has 6 heteroatoms. The molecule has 18 heavy (non-hydrogen) atoms. The minimum Gasteiger partial charge on any atom is -0.399 e. The number of rotatable bonds is 2. The lowest BCUT2D eigenvalue weighted by molar-refractivity contribution is 0.0748. The standard InChI is InChI=1S/C12H14Cl2N2OS/c1-16(8-2-3-18-6-8)12(17)9-4-7(15)5-10(13)11(9)14/h4-5,8H,2-3,6,15H2,1H3. The lowest BCUT2D eigenvalue weighted by Gasteiger charge is -2.24. The molecule has 1 aromatic rings. The van der Waals surface area contributed by atoms with Gasteiger partial charge in [-0.25, -0.2) is 0 Å². The van der Waals surface area contributed by atoms with Crippen LogP contribution < -0.4 is 5.73 Å². The van der Waals surface area contributed by atoms with Gasteiger partial charge in [0.15, 0.2) is 0 Å². The van der Waals surface area contributed by atoms with E-state index in [0.717, 1.165) is 17.9 Å². The maximum Gasteiger partial charge on any atom is 0.255 e. The van der Waals surface area contributed by atoms with Crippen molar-refractivity contribution in [1.29, 1.82) is 0 Å². The van der Waals surface area contributed by atoms with Crippen LogP contribution in [0.2, 0.25) is 10.0 Å². The topological polar surface area (TPSA) is 46.3 Å². The summed E-state index contributed by atoms with van der Waals surface area (Å²) in [6, 6.07) is 3.39.